The minimum atomic E-state index is -0.440. The summed E-state index contributed by atoms with van der Waals surface area (Å²) in [7, 11) is 0. The topological polar surface area (TPSA) is 29.5 Å². The lowest BCUT2D eigenvalue weighted by Gasteiger charge is -2.12. The van der Waals surface area contributed by atoms with Crippen molar-refractivity contribution in [3.8, 4) is 5.75 Å². The molecule has 2 rings (SSSR count). The van der Waals surface area contributed by atoms with Gasteiger partial charge in [0.1, 0.15) is 18.2 Å². The van der Waals surface area contributed by atoms with E-state index in [0.717, 1.165) is 0 Å². The molecular formula is C14H11Cl2FO2. The molecule has 0 aliphatic heterocycles. The Bertz CT molecular complexity index is 588. The van der Waals surface area contributed by atoms with Crippen LogP contribution in [0.15, 0.2) is 36.4 Å². The van der Waals surface area contributed by atoms with Gasteiger partial charge in [0, 0.05) is 16.1 Å². The summed E-state index contributed by atoms with van der Waals surface area (Å²) in [6, 6.07) is 9.41. The van der Waals surface area contributed by atoms with E-state index in [0.29, 0.717) is 26.9 Å². The number of halogens is 3. The molecule has 0 saturated carbocycles. The zero-order chi connectivity index (χ0) is 13.8. The van der Waals surface area contributed by atoms with Crippen LogP contribution in [0, 0.1) is 5.82 Å². The summed E-state index contributed by atoms with van der Waals surface area (Å²) >= 11 is 11.7. The number of ether oxygens (including phenoxy) is 1. The molecule has 0 heterocycles. The molecule has 0 radical (unpaired) electrons. The van der Waals surface area contributed by atoms with E-state index in [1.807, 2.05) is 0 Å². The summed E-state index contributed by atoms with van der Waals surface area (Å²) in [5, 5.41) is 9.91. The number of hydrogen-bond donors (Lipinski definition) is 1. The highest BCUT2D eigenvalue weighted by atomic mass is 35.5. The number of hydrogen-bond acceptors (Lipinski definition) is 2. The van der Waals surface area contributed by atoms with Gasteiger partial charge in [-0.1, -0.05) is 41.4 Å². The molecule has 0 bridgehead atoms. The van der Waals surface area contributed by atoms with E-state index >= 15 is 0 Å². The Morgan fingerprint density at radius 1 is 1.11 bits per heavy atom. The Morgan fingerprint density at radius 2 is 1.89 bits per heavy atom. The molecule has 0 aromatic heterocycles. The zero-order valence-corrected chi connectivity index (χ0v) is 11.4. The first-order valence-electron chi connectivity index (χ1n) is 5.57. The second-order valence-corrected chi connectivity index (χ2v) is 4.75. The lowest BCUT2D eigenvalue weighted by Crippen LogP contribution is -2.01. The van der Waals surface area contributed by atoms with Crippen molar-refractivity contribution in [2.75, 3.05) is 0 Å². The standard InChI is InChI=1S/C14H11Cl2FO2/c15-11-5-4-10(13(17)6-11)8-19-14-9(7-18)2-1-3-12(14)16/h1-6,18H,7-8H2. The highest BCUT2D eigenvalue weighted by Gasteiger charge is 2.10. The van der Waals surface area contributed by atoms with Gasteiger partial charge in [0.15, 0.2) is 0 Å². The minimum absolute atomic E-state index is 0.0136. The van der Waals surface area contributed by atoms with E-state index in [4.69, 9.17) is 27.9 Å². The minimum Gasteiger partial charge on any atom is -0.487 e. The van der Waals surface area contributed by atoms with Gasteiger partial charge in [-0.15, -0.1) is 0 Å². The SMILES string of the molecule is OCc1cccc(Cl)c1OCc1ccc(Cl)cc1F. The molecule has 5 heteroatoms. The monoisotopic (exact) mass is 300 g/mol. The van der Waals surface area contributed by atoms with Gasteiger partial charge in [-0.2, -0.15) is 0 Å². The molecule has 0 saturated heterocycles. The fourth-order valence-corrected chi connectivity index (χ4v) is 2.04. The number of aliphatic hydroxyl groups is 1. The first kappa shape index (κ1) is 14.1. The van der Waals surface area contributed by atoms with E-state index in [1.165, 1.54) is 6.07 Å². The van der Waals surface area contributed by atoms with Gasteiger partial charge in [-0.05, 0) is 18.2 Å². The Hall–Kier alpha value is -1.29. The summed E-state index contributed by atoms with van der Waals surface area (Å²) in [6.07, 6.45) is 0. The maximum Gasteiger partial charge on any atom is 0.143 e. The molecule has 1 N–H and O–H groups in total. The fourth-order valence-electron chi connectivity index (χ4n) is 1.63. The third-order valence-corrected chi connectivity index (χ3v) is 3.14. The lowest BCUT2D eigenvalue weighted by atomic mass is 10.2. The Morgan fingerprint density at radius 3 is 2.58 bits per heavy atom. The van der Waals surface area contributed by atoms with Gasteiger partial charge < -0.3 is 9.84 Å². The third-order valence-electron chi connectivity index (χ3n) is 2.61. The maximum atomic E-state index is 13.6. The zero-order valence-electron chi connectivity index (χ0n) is 9.87. The second-order valence-electron chi connectivity index (χ2n) is 3.91. The molecule has 19 heavy (non-hydrogen) atoms. The molecular weight excluding hydrogens is 290 g/mol. The van der Waals surface area contributed by atoms with Gasteiger partial charge in [0.25, 0.3) is 0 Å². The van der Waals surface area contributed by atoms with Gasteiger partial charge in [-0.25, -0.2) is 4.39 Å². The molecule has 2 nitrogen and oxygen atoms in total. The van der Waals surface area contributed by atoms with Crippen LogP contribution in [0.3, 0.4) is 0 Å². The van der Waals surface area contributed by atoms with Crippen LogP contribution in [0.2, 0.25) is 10.0 Å². The Balaban J connectivity index is 2.19. The molecule has 0 spiro atoms. The van der Waals surface area contributed by atoms with E-state index in [9.17, 15) is 9.50 Å². The average Bonchev–Trinajstić information content (AvgIpc) is 2.39. The van der Waals surface area contributed by atoms with Crippen LogP contribution < -0.4 is 4.74 Å². The summed E-state index contributed by atoms with van der Waals surface area (Å²) in [5.74, 6) is -0.0777. The third kappa shape index (κ3) is 3.38. The predicted molar refractivity (Wildman–Crippen MR) is 73.1 cm³/mol. The quantitative estimate of drug-likeness (QED) is 0.917. The van der Waals surface area contributed by atoms with Crippen molar-refractivity contribution in [1.29, 1.82) is 0 Å². The van der Waals surface area contributed by atoms with Gasteiger partial charge in [0.2, 0.25) is 0 Å². The van der Waals surface area contributed by atoms with Crippen molar-refractivity contribution < 1.29 is 14.2 Å². The highest BCUT2D eigenvalue weighted by Crippen LogP contribution is 2.29. The summed E-state index contributed by atoms with van der Waals surface area (Å²) < 4.78 is 19.1. The smallest absolute Gasteiger partial charge is 0.143 e. The van der Waals surface area contributed by atoms with Gasteiger partial charge in [0.05, 0.1) is 11.6 Å². The second kappa shape index (κ2) is 6.24. The number of rotatable bonds is 4. The van der Waals surface area contributed by atoms with Crippen LogP contribution in [-0.4, -0.2) is 5.11 Å². The van der Waals surface area contributed by atoms with Crippen molar-refractivity contribution in [3.63, 3.8) is 0 Å². The van der Waals surface area contributed by atoms with Crippen LogP contribution in [-0.2, 0) is 13.2 Å². The van der Waals surface area contributed by atoms with E-state index in [-0.39, 0.29) is 13.2 Å². The van der Waals surface area contributed by atoms with Crippen molar-refractivity contribution in [2.45, 2.75) is 13.2 Å². The molecule has 0 fully saturated rings. The number of para-hydroxylation sites is 1. The Labute approximate surface area is 120 Å². The summed E-state index contributed by atoms with van der Waals surface area (Å²) in [4.78, 5) is 0. The molecule has 2 aromatic rings. The number of aliphatic hydroxyl groups excluding tert-OH is 1. The van der Waals surface area contributed by atoms with Crippen molar-refractivity contribution >= 4 is 23.2 Å². The highest BCUT2D eigenvalue weighted by molar-refractivity contribution is 6.32. The van der Waals surface area contributed by atoms with Crippen LogP contribution >= 0.6 is 23.2 Å². The molecule has 0 aliphatic rings. The maximum absolute atomic E-state index is 13.6. The summed E-state index contributed by atoms with van der Waals surface area (Å²) in [5.41, 5.74) is 0.926. The van der Waals surface area contributed by atoms with Crippen molar-refractivity contribution in [1.82, 2.24) is 0 Å². The fraction of sp³-hybridized carbons (Fsp3) is 0.143. The molecule has 0 atom stereocenters. The molecule has 0 aliphatic carbocycles. The average molecular weight is 301 g/mol. The largest absolute Gasteiger partial charge is 0.487 e. The lowest BCUT2D eigenvalue weighted by molar-refractivity contribution is 0.257. The first-order valence-corrected chi connectivity index (χ1v) is 6.32. The normalized spacial score (nSPS) is 10.5. The van der Waals surface area contributed by atoms with Crippen LogP contribution in [0.1, 0.15) is 11.1 Å². The van der Waals surface area contributed by atoms with Crippen LogP contribution in [0.5, 0.6) is 5.75 Å². The molecule has 100 valence electrons. The Kier molecular flexibility index (Phi) is 4.64. The van der Waals surface area contributed by atoms with Crippen LogP contribution in [0.4, 0.5) is 4.39 Å². The molecule has 0 amide bonds. The first-order chi connectivity index (χ1) is 9.11. The van der Waals surface area contributed by atoms with E-state index in [1.54, 1.807) is 30.3 Å². The van der Waals surface area contributed by atoms with Crippen LogP contribution in [0.25, 0.3) is 0 Å². The van der Waals surface area contributed by atoms with Crippen molar-refractivity contribution in [3.05, 3.63) is 63.4 Å². The van der Waals surface area contributed by atoms with Gasteiger partial charge >= 0.3 is 0 Å². The summed E-state index contributed by atoms with van der Waals surface area (Å²) in [6.45, 7) is -0.182. The van der Waals surface area contributed by atoms with E-state index < -0.39 is 5.82 Å². The van der Waals surface area contributed by atoms with Gasteiger partial charge in [-0.3, -0.25) is 0 Å². The van der Waals surface area contributed by atoms with E-state index in [2.05, 4.69) is 0 Å². The number of benzene rings is 2. The predicted octanol–water partition coefficient (Wildman–Crippen LogP) is 4.20. The molecule has 2 aromatic carbocycles. The van der Waals surface area contributed by atoms with Crippen molar-refractivity contribution in [2.24, 2.45) is 0 Å². The molecule has 0 unspecified atom stereocenters.